The molecule has 0 fully saturated rings. The van der Waals surface area contributed by atoms with Crippen LogP contribution in [-0.4, -0.2) is 47.6 Å². The van der Waals surface area contributed by atoms with E-state index < -0.39 is 36.4 Å². The van der Waals surface area contributed by atoms with Crippen LogP contribution < -0.4 is 20.7 Å². The second kappa shape index (κ2) is 11.8. The van der Waals surface area contributed by atoms with Crippen molar-refractivity contribution in [2.75, 3.05) is 18.6 Å². The van der Waals surface area contributed by atoms with Crippen LogP contribution in [0.2, 0.25) is 0 Å². The Morgan fingerprint density at radius 3 is 2.28 bits per heavy atom. The van der Waals surface area contributed by atoms with E-state index in [1.165, 1.54) is 4.90 Å². The van der Waals surface area contributed by atoms with Crippen LogP contribution >= 0.6 is 0 Å². The molecule has 0 aliphatic rings. The van der Waals surface area contributed by atoms with Crippen LogP contribution in [0.5, 0.6) is 5.75 Å². The van der Waals surface area contributed by atoms with Gasteiger partial charge < -0.3 is 25.9 Å². The van der Waals surface area contributed by atoms with Crippen molar-refractivity contribution in [1.29, 1.82) is 0 Å². The Kier molecular flexibility index (Phi) is 8.31. The summed E-state index contributed by atoms with van der Waals surface area (Å²) in [5.74, 6) is -1.46. The van der Waals surface area contributed by atoms with E-state index in [1.54, 1.807) is 55.6 Å². The maximum Gasteiger partial charge on any atom is 0.268 e. The van der Waals surface area contributed by atoms with Gasteiger partial charge in [0, 0.05) is 16.6 Å². The third-order valence-electron chi connectivity index (χ3n) is 6.57. The fraction of sp³-hybridized carbons (Fsp3) is 0.233. The number of nitrogens with two attached hydrogens (primary N) is 1. The highest BCUT2D eigenvalue weighted by atomic mass is 16.5. The number of aliphatic hydroxyl groups is 1. The molecule has 4 aromatic rings. The van der Waals surface area contributed by atoms with Gasteiger partial charge in [0.05, 0.1) is 13.7 Å². The monoisotopic (exact) mass is 528 g/mol. The van der Waals surface area contributed by atoms with Gasteiger partial charge in [0.15, 0.2) is 0 Å². The first-order chi connectivity index (χ1) is 18.7. The minimum Gasteiger partial charge on any atom is -0.497 e. The number of aromatic amines is 1. The number of para-hydroxylation sites is 2. The summed E-state index contributed by atoms with van der Waals surface area (Å²) >= 11 is 0. The standard InChI is InChI=1S/C30H32N4O5/c1-18(2)23-16-21(39-3)13-14-22(23)27(28(31)36)34(20-10-5-4-6-11-20)30(38)26(17-35)33-29(37)25-15-19-9-7-8-12-24(19)32-25/h4-16,18,26-27,32,35H,17H2,1-3H3,(H2,31,36)(H,33,37)/t26-,27?/m1/s1. The molecule has 1 heterocycles. The van der Waals surface area contributed by atoms with E-state index in [4.69, 9.17) is 10.5 Å². The number of aromatic nitrogens is 1. The Balaban J connectivity index is 1.75. The SMILES string of the molecule is COc1ccc(C(C(N)=O)N(C(=O)[C@@H](CO)NC(=O)c2cc3ccccc3[nH]2)c2ccccc2)c(C(C)C)c1. The van der Waals surface area contributed by atoms with Crippen LogP contribution in [0, 0.1) is 0 Å². The van der Waals surface area contributed by atoms with Gasteiger partial charge in [-0.15, -0.1) is 0 Å². The number of amides is 3. The molecular weight excluding hydrogens is 496 g/mol. The molecule has 5 N–H and O–H groups in total. The number of anilines is 1. The van der Waals surface area contributed by atoms with Crippen molar-refractivity contribution in [3.63, 3.8) is 0 Å². The summed E-state index contributed by atoms with van der Waals surface area (Å²) in [4.78, 5) is 44.5. The Labute approximate surface area is 226 Å². The zero-order valence-corrected chi connectivity index (χ0v) is 22.0. The molecule has 4 rings (SSSR count). The molecule has 2 atom stereocenters. The molecule has 202 valence electrons. The largest absolute Gasteiger partial charge is 0.497 e. The quantitative estimate of drug-likeness (QED) is 0.249. The van der Waals surface area contributed by atoms with E-state index in [9.17, 15) is 19.5 Å². The fourth-order valence-electron chi connectivity index (χ4n) is 4.63. The molecule has 1 unspecified atom stereocenters. The van der Waals surface area contributed by atoms with Crippen LogP contribution in [0.4, 0.5) is 5.69 Å². The highest BCUT2D eigenvalue weighted by molar-refractivity contribution is 6.06. The first-order valence-electron chi connectivity index (χ1n) is 12.6. The van der Waals surface area contributed by atoms with E-state index in [-0.39, 0.29) is 11.6 Å². The molecule has 0 saturated carbocycles. The van der Waals surface area contributed by atoms with Crippen molar-refractivity contribution in [3.8, 4) is 5.75 Å². The number of methoxy groups -OCH3 is 1. The Morgan fingerprint density at radius 2 is 1.67 bits per heavy atom. The normalized spacial score (nSPS) is 12.6. The highest BCUT2D eigenvalue weighted by Crippen LogP contribution is 2.35. The third kappa shape index (κ3) is 5.78. The average Bonchev–Trinajstić information content (AvgIpc) is 3.39. The zero-order valence-electron chi connectivity index (χ0n) is 22.0. The third-order valence-corrected chi connectivity index (χ3v) is 6.57. The lowest BCUT2D eigenvalue weighted by Crippen LogP contribution is -2.53. The number of H-pyrrole nitrogens is 1. The van der Waals surface area contributed by atoms with Gasteiger partial charge in [-0.05, 0) is 53.4 Å². The summed E-state index contributed by atoms with van der Waals surface area (Å²) in [5.41, 5.74) is 8.61. The van der Waals surface area contributed by atoms with Crippen molar-refractivity contribution in [2.24, 2.45) is 5.73 Å². The maximum absolute atomic E-state index is 14.0. The molecule has 0 radical (unpaired) electrons. The Hall–Kier alpha value is -4.63. The number of nitrogens with one attached hydrogen (secondary N) is 2. The zero-order chi connectivity index (χ0) is 28.1. The lowest BCUT2D eigenvalue weighted by molar-refractivity contribution is -0.126. The second-order valence-corrected chi connectivity index (χ2v) is 9.48. The number of rotatable bonds is 10. The number of carbonyl (C=O) groups excluding carboxylic acids is 3. The summed E-state index contributed by atoms with van der Waals surface area (Å²) in [6.45, 7) is 3.23. The second-order valence-electron chi connectivity index (χ2n) is 9.48. The number of fused-ring (bicyclic) bond motifs is 1. The van der Waals surface area contributed by atoms with Gasteiger partial charge in [-0.1, -0.05) is 56.3 Å². The summed E-state index contributed by atoms with van der Waals surface area (Å²) in [7, 11) is 1.55. The van der Waals surface area contributed by atoms with Gasteiger partial charge in [0.2, 0.25) is 5.91 Å². The molecule has 39 heavy (non-hydrogen) atoms. The van der Waals surface area contributed by atoms with E-state index in [0.717, 1.165) is 16.5 Å². The lowest BCUT2D eigenvalue weighted by atomic mass is 9.90. The number of carbonyl (C=O) groups is 3. The van der Waals surface area contributed by atoms with Crippen LogP contribution in [-0.2, 0) is 9.59 Å². The Morgan fingerprint density at radius 1 is 0.974 bits per heavy atom. The lowest BCUT2D eigenvalue weighted by Gasteiger charge is -2.34. The molecule has 0 saturated heterocycles. The molecule has 0 aliphatic carbocycles. The van der Waals surface area contributed by atoms with E-state index >= 15 is 0 Å². The maximum atomic E-state index is 14.0. The van der Waals surface area contributed by atoms with Gasteiger partial charge in [0.1, 0.15) is 23.5 Å². The minimum absolute atomic E-state index is 0.0278. The summed E-state index contributed by atoms with van der Waals surface area (Å²) in [5, 5.41) is 13.7. The number of aliphatic hydroxyl groups excluding tert-OH is 1. The summed E-state index contributed by atoms with van der Waals surface area (Å²) < 4.78 is 5.38. The predicted octanol–water partition coefficient (Wildman–Crippen LogP) is 3.65. The predicted molar refractivity (Wildman–Crippen MR) is 150 cm³/mol. The molecule has 3 aromatic carbocycles. The van der Waals surface area contributed by atoms with E-state index in [1.807, 2.05) is 44.2 Å². The van der Waals surface area contributed by atoms with Crippen molar-refractivity contribution in [1.82, 2.24) is 10.3 Å². The Bertz CT molecular complexity index is 1450. The summed E-state index contributed by atoms with van der Waals surface area (Å²) in [6, 6.07) is 20.2. The highest BCUT2D eigenvalue weighted by Gasteiger charge is 2.37. The first kappa shape index (κ1) is 27.4. The molecule has 0 spiro atoms. The summed E-state index contributed by atoms with van der Waals surface area (Å²) in [6.07, 6.45) is 0. The van der Waals surface area contributed by atoms with Gasteiger partial charge >= 0.3 is 0 Å². The molecule has 0 bridgehead atoms. The molecular formula is C30H32N4O5. The van der Waals surface area contributed by atoms with Gasteiger partial charge in [-0.3, -0.25) is 19.3 Å². The fourth-order valence-corrected chi connectivity index (χ4v) is 4.63. The number of benzene rings is 3. The topological polar surface area (TPSA) is 138 Å². The number of primary amides is 1. The first-order valence-corrected chi connectivity index (χ1v) is 12.6. The number of hydrogen-bond acceptors (Lipinski definition) is 5. The van der Waals surface area contributed by atoms with Crippen molar-refractivity contribution < 1.29 is 24.2 Å². The van der Waals surface area contributed by atoms with Gasteiger partial charge in [-0.25, -0.2) is 0 Å². The molecule has 0 aliphatic heterocycles. The average molecular weight is 529 g/mol. The number of ether oxygens (including phenoxy) is 1. The molecule has 1 aromatic heterocycles. The van der Waals surface area contributed by atoms with Crippen LogP contribution in [0.15, 0.2) is 78.9 Å². The van der Waals surface area contributed by atoms with Crippen LogP contribution in [0.3, 0.4) is 0 Å². The van der Waals surface area contributed by atoms with Crippen LogP contribution in [0.25, 0.3) is 10.9 Å². The van der Waals surface area contributed by atoms with E-state index in [0.29, 0.717) is 17.0 Å². The van der Waals surface area contributed by atoms with Crippen molar-refractivity contribution in [3.05, 3.63) is 95.7 Å². The van der Waals surface area contributed by atoms with Crippen molar-refractivity contribution in [2.45, 2.75) is 31.8 Å². The molecule has 9 nitrogen and oxygen atoms in total. The number of nitrogens with zero attached hydrogens (tertiary/aromatic N) is 1. The number of hydrogen-bond donors (Lipinski definition) is 4. The van der Waals surface area contributed by atoms with Crippen molar-refractivity contribution >= 4 is 34.3 Å². The van der Waals surface area contributed by atoms with E-state index in [2.05, 4.69) is 10.3 Å². The molecule has 9 heteroatoms. The van der Waals surface area contributed by atoms with Gasteiger partial charge in [-0.2, -0.15) is 0 Å². The molecule has 3 amide bonds. The smallest absolute Gasteiger partial charge is 0.268 e. The van der Waals surface area contributed by atoms with Crippen LogP contribution in [0.1, 0.15) is 47.4 Å². The van der Waals surface area contributed by atoms with Gasteiger partial charge in [0.25, 0.3) is 11.8 Å². The minimum atomic E-state index is -1.35.